The van der Waals surface area contributed by atoms with Crippen molar-refractivity contribution in [3.8, 4) is 0 Å². The molecule has 37 heavy (non-hydrogen) atoms. The smallest absolute Gasteiger partial charge is 0.376 e. The lowest BCUT2D eigenvalue weighted by Gasteiger charge is -2.26. The predicted molar refractivity (Wildman–Crippen MR) is 123 cm³/mol. The molecule has 13 nitrogen and oxygen atoms in total. The van der Waals surface area contributed by atoms with Crippen LogP contribution in [0.1, 0.15) is 11.8 Å². The number of hydrogen-bond donors (Lipinski definition) is 5. The summed E-state index contributed by atoms with van der Waals surface area (Å²) in [6, 6.07) is 7.11. The van der Waals surface area contributed by atoms with Gasteiger partial charge in [0.1, 0.15) is 18.3 Å². The van der Waals surface area contributed by atoms with Crippen LogP contribution in [-0.2, 0) is 30.9 Å². The molecular formula is C18H20Cl2F2N2O11P2. The third kappa shape index (κ3) is 5.92. The van der Waals surface area contributed by atoms with E-state index in [-0.39, 0.29) is 4.57 Å². The van der Waals surface area contributed by atoms with Gasteiger partial charge in [0.05, 0.1) is 13.2 Å². The van der Waals surface area contributed by atoms with Crippen LogP contribution in [0, 0.1) is 0 Å². The number of alkyl halides is 4. The molecule has 0 aliphatic carbocycles. The van der Waals surface area contributed by atoms with E-state index in [2.05, 4.69) is 4.52 Å². The van der Waals surface area contributed by atoms with E-state index < -0.39 is 79.4 Å². The molecule has 1 saturated heterocycles. The standard InChI is InChI=1S/C18H20Cl2F2N2O11P2/c19-18(20,36(29,30)31)37(32,33)34-8-11-13(26)14(27)15(35-11)23-7-6-12(25)24(16(23)28)9-17(21,22)10-4-2-1-3-5-10/h1-7,11,13-15,26-27H,8-9H2,(H,32,33)(H2,29,30,31)/t11-,13-,14-,15-/m1/s1. The normalized spacial score (nSPS) is 24.7. The average molecular weight is 611 g/mol. The number of rotatable bonds is 9. The quantitative estimate of drug-likeness (QED) is 0.199. The molecular weight excluding hydrogens is 591 g/mol. The second-order valence-electron chi connectivity index (χ2n) is 7.92. The number of hydrogen-bond acceptors (Lipinski definition) is 8. The van der Waals surface area contributed by atoms with Gasteiger partial charge in [-0.05, 0) is 0 Å². The van der Waals surface area contributed by atoms with E-state index in [1.807, 2.05) is 0 Å². The third-order valence-corrected chi connectivity index (χ3v) is 11.4. The summed E-state index contributed by atoms with van der Waals surface area (Å²) in [6.45, 7) is -2.47. The zero-order valence-electron chi connectivity index (χ0n) is 18.3. The van der Waals surface area contributed by atoms with Gasteiger partial charge in [0, 0.05) is 17.8 Å². The Kier molecular flexibility index (Phi) is 8.61. The van der Waals surface area contributed by atoms with Gasteiger partial charge in [-0.25, -0.2) is 4.79 Å². The topological polar surface area (TPSA) is 198 Å². The van der Waals surface area contributed by atoms with Crippen LogP contribution in [0.15, 0.2) is 52.2 Å². The molecule has 2 heterocycles. The fraction of sp³-hybridized carbons (Fsp3) is 0.444. The van der Waals surface area contributed by atoms with Crippen LogP contribution in [0.25, 0.3) is 0 Å². The molecule has 2 aromatic rings. The molecule has 0 spiro atoms. The second-order valence-corrected chi connectivity index (χ2v) is 14.4. The lowest BCUT2D eigenvalue weighted by molar-refractivity contribution is -0.0555. The van der Waals surface area contributed by atoms with Gasteiger partial charge < -0.3 is 34.2 Å². The Labute approximate surface area is 216 Å². The van der Waals surface area contributed by atoms with Crippen molar-refractivity contribution in [2.75, 3.05) is 6.61 Å². The van der Waals surface area contributed by atoms with Crippen molar-refractivity contribution in [3.05, 3.63) is 69.0 Å². The van der Waals surface area contributed by atoms with Crippen molar-refractivity contribution in [2.24, 2.45) is 0 Å². The highest BCUT2D eigenvalue weighted by molar-refractivity contribution is 7.78. The molecule has 1 unspecified atom stereocenters. The zero-order valence-corrected chi connectivity index (χ0v) is 21.6. The summed E-state index contributed by atoms with van der Waals surface area (Å²) < 4.78 is 59.9. The van der Waals surface area contributed by atoms with Crippen LogP contribution >= 0.6 is 38.4 Å². The summed E-state index contributed by atoms with van der Waals surface area (Å²) in [6.07, 6.45) is -6.52. The van der Waals surface area contributed by atoms with Crippen LogP contribution < -0.4 is 11.2 Å². The lowest BCUT2D eigenvalue weighted by Crippen LogP contribution is -2.45. The molecule has 5 N–H and O–H groups in total. The monoisotopic (exact) mass is 610 g/mol. The Morgan fingerprint density at radius 1 is 1.03 bits per heavy atom. The van der Waals surface area contributed by atoms with Gasteiger partial charge in [-0.2, -0.15) is 8.78 Å². The maximum atomic E-state index is 14.7. The zero-order chi connectivity index (χ0) is 28.0. The first-order valence-corrected chi connectivity index (χ1v) is 14.0. The predicted octanol–water partition coefficient (Wildman–Crippen LogP) is 0.890. The molecule has 0 radical (unpaired) electrons. The van der Waals surface area contributed by atoms with Crippen LogP contribution in [-0.4, -0.2) is 62.8 Å². The number of halogens is 4. The van der Waals surface area contributed by atoms with Crippen molar-refractivity contribution in [2.45, 2.75) is 40.8 Å². The fourth-order valence-electron chi connectivity index (χ4n) is 3.36. The van der Waals surface area contributed by atoms with Crippen LogP contribution in [0.2, 0.25) is 0 Å². The molecule has 1 aliphatic rings. The van der Waals surface area contributed by atoms with Crippen molar-refractivity contribution < 1.29 is 52.1 Å². The number of aliphatic hydroxyl groups is 2. The maximum Gasteiger partial charge on any atom is 0.376 e. The number of aliphatic hydroxyl groups excluding tert-OH is 2. The first kappa shape index (κ1) is 30.1. The van der Waals surface area contributed by atoms with Crippen molar-refractivity contribution in [1.82, 2.24) is 9.13 Å². The van der Waals surface area contributed by atoms with E-state index in [4.69, 9.17) is 37.7 Å². The number of aromatic nitrogens is 2. The molecule has 0 saturated carbocycles. The average Bonchev–Trinajstić information content (AvgIpc) is 3.09. The van der Waals surface area contributed by atoms with Gasteiger partial charge in [-0.15, -0.1) is 0 Å². The van der Waals surface area contributed by atoms with Gasteiger partial charge in [0.2, 0.25) is 0 Å². The lowest BCUT2D eigenvalue weighted by atomic mass is 10.1. The highest BCUT2D eigenvalue weighted by atomic mass is 35.5. The Bertz CT molecular complexity index is 1350. The molecule has 206 valence electrons. The van der Waals surface area contributed by atoms with Crippen LogP contribution in [0.3, 0.4) is 0 Å². The SMILES string of the molecule is O=c1ccn([C@@H]2O[C@H](COP(=O)(O)C(Cl)(Cl)P(=O)(O)O)[C@@H](O)[C@H]2O)c(=O)n1CC(F)(F)c1ccccc1. The first-order chi connectivity index (χ1) is 16.9. The second kappa shape index (κ2) is 10.6. The van der Waals surface area contributed by atoms with Crippen molar-refractivity contribution in [1.29, 1.82) is 0 Å². The molecule has 0 bridgehead atoms. The molecule has 5 atom stereocenters. The molecule has 3 rings (SSSR count). The summed E-state index contributed by atoms with van der Waals surface area (Å²) in [4.78, 5) is 53.1. The Hall–Kier alpha value is -1.48. The van der Waals surface area contributed by atoms with Crippen LogP contribution in [0.5, 0.6) is 0 Å². The molecule has 1 aromatic heterocycles. The largest absolute Gasteiger partial charge is 0.387 e. The summed E-state index contributed by atoms with van der Waals surface area (Å²) in [5.41, 5.74) is -2.90. The van der Waals surface area contributed by atoms with E-state index in [9.17, 15) is 42.6 Å². The minimum Gasteiger partial charge on any atom is -0.387 e. The van der Waals surface area contributed by atoms with Gasteiger partial charge in [-0.3, -0.25) is 23.1 Å². The Morgan fingerprint density at radius 2 is 1.62 bits per heavy atom. The summed E-state index contributed by atoms with van der Waals surface area (Å²) >= 11 is 10.6. The number of benzene rings is 1. The third-order valence-electron chi connectivity index (χ3n) is 5.36. The number of ether oxygens (including phenoxy) is 1. The van der Waals surface area contributed by atoms with E-state index in [1.54, 1.807) is 0 Å². The van der Waals surface area contributed by atoms with Gasteiger partial charge in [0.15, 0.2) is 6.23 Å². The maximum absolute atomic E-state index is 14.7. The highest BCUT2D eigenvalue weighted by Crippen LogP contribution is 2.75. The summed E-state index contributed by atoms with van der Waals surface area (Å²) in [7, 11) is -11.1. The van der Waals surface area contributed by atoms with E-state index >= 15 is 0 Å². The molecule has 19 heteroatoms. The van der Waals surface area contributed by atoms with E-state index in [0.717, 1.165) is 24.4 Å². The first-order valence-electron chi connectivity index (χ1n) is 10.1. The molecule has 0 amide bonds. The van der Waals surface area contributed by atoms with Crippen molar-refractivity contribution >= 4 is 38.4 Å². The molecule has 1 aliphatic heterocycles. The van der Waals surface area contributed by atoms with Gasteiger partial charge in [0.25, 0.3) is 11.5 Å². The summed E-state index contributed by atoms with van der Waals surface area (Å²) in [5.74, 6) is -3.65. The van der Waals surface area contributed by atoms with Gasteiger partial charge in [-0.1, -0.05) is 53.5 Å². The Morgan fingerprint density at radius 3 is 2.19 bits per heavy atom. The van der Waals surface area contributed by atoms with E-state index in [0.29, 0.717) is 4.57 Å². The van der Waals surface area contributed by atoms with Gasteiger partial charge >= 0.3 is 24.7 Å². The fourth-order valence-corrected chi connectivity index (χ4v) is 5.64. The molecule has 1 fully saturated rings. The van der Waals surface area contributed by atoms with Crippen LogP contribution in [0.4, 0.5) is 8.78 Å². The minimum atomic E-state index is -5.59. The molecule has 1 aromatic carbocycles. The van der Waals surface area contributed by atoms with E-state index in [1.165, 1.54) is 18.2 Å². The highest BCUT2D eigenvalue weighted by Gasteiger charge is 2.60. The summed E-state index contributed by atoms with van der Waals surface area (Å²) in [5, 5.41) is 20.6. The Balaban J connectivity index is 1.85. The minimum absolute atomic E-state index is 0.191. The van der Waals surface area contributed by atoms with Crippen molar-refractivity contribution in [3.63, 3.8) is 0 Å². The number of nitrogens with zero attached hydrogens (tertiary/aromatic N) is 2.